The quantitative estimate of drug-likeness (QED) is 0.727. The molecule has 0 aliphatic heterocycles. The Morgan fingerprint density at radius 1 is 1.52 bits per heavy atom. The second-order valence-corrected chi connectivity index (χ2v) is 6.14. The van der Waals surface area contributed by atoms with E-state index in [0.29, 0.717) is 6.61 Å². The molecule has 0 aliphatic carbocycles. The first-order valence-corrected chi connectivity index (χ1v) is 8.78. The highest BCUT2D eigenvalue weighted by molar-refractivity contribution is 7.98. The van der Waals surface area contributed by atoms with Crippen LogP contribution in [0.4, 0.5) is 5.69 Å². The maximum absolute atomic E-state index is 12.5. The van der Waals surface area contributed by atoms with Gasteiger partial charge in [-0.1, -0.05) is 0 Å². The highest BCUT2D eigenvalue weighted by Crippen LogP contribution is 2.20. The Bertz CT molecular complexity index is 645. The van der Waals surface area contributed by atoms with Crippen molar-refractivity contribution in [2.75, 3.05) is 30.6 Å². The molecule has 0 spiro atoms. The zero-order valence-electron chi connectivity index (χ0n) is 13.9. The van der Waals surface area contributed by atoms with Crippen LogP contribution in [-0.4, -0.2) is 52.4 Å². The van der Waals surface area contributed by atoms with Gasteiger partial charge in [-0.25, -0.2) is 4.68 Å². The summed E-state index contributed by atoms with van der Waals surface area (Å²) in [7, 11) is 1.74. The molecular formula is C16H22N4O2S. The minimum Gasteiger partial charge on any atom is -0.368 e. The summed E-state index contributed by atoms with van der Waals surface area (Å²) < 4.78 is 7.29. The summed E-state index contributed by atoms with van der Waals surface area (Å²) in [5, 5.41) is 4.46. The van der Waals surface area contributed by atoms with Crippen LogP contribution in [0.5, 0.6) is 0 Å². The fraction of sp³-hybridized carbons (Fsp3) is 0.438. The van der Waals surface area contributed by atoms with E-state index in [0.717, 1.165) is 22.8 Å². The zero-order chi connectivity index (χ0) is 16.8. The van der Waals surface area contributed by atoms with Gasteiger partial charge >= 0.3 is 0 Å². The van der Waals surface area contributed by atoms with E-state index in [-0.39, 0.29) is 5.91 Å². The lowest BCUT2D eigenvalue weighted by molar-refractivity contribution is -0.128. The highest BCUT2D eigenvalue weighted by atomic mass is 32.2. The zero-order valence-corrected chi connectivity index (χ0v) is 14.7. The molecule has 0 saturated carbocycles. The van der Waals surface area contributed by atoms with E-state index < -0.39 is 6.10 Å². The molecule has 0 radical (unpaired) electrons. The average Bonchev–Trinajstić information content (AvgIpc) is 2.96. The summed E-state index contributed by atoms with van der Waals surface area (Å²) in [5.41, 5.74) is 2.40. The first-order valence-electron chi connectivity index (χ1n) is 7.39. The number of carbonyl (C=O) groups excluding carboxylic acids is 1. The molecule has 7 heteroatoms. The lowest BCUT2D eigenvalue weighted by Gasteiger charge is -2.20. The third-order valence-corrected chi connectivity index (χ3v) is 4.05. The number of nitrogens with zero attached hydrogens (tertiary/aromatic N) is 4. The highest BCUT2D eigenvalue weighted by Gasteiger charge is 2.22. The minimum atomic E-state index is -0.478. The van der Waals surface area contributed by atoms with E-state index in [9.17, 15) is 4.79 Å². The predicted molar refractivity (Wildman–Crippen MR) is 93.3 cm³/mol. The molecule has 0 aliphatic rings. The van der Waals surface area contributed by atoms with Crippen LogP contribution in [0, 0.1) is 6.92 Å². The molecular weight excluding hydrogens is 312 g/mol. The number of hydrogen-bond acceptors (Lipinski definition) is 5. The van der Waals surface area contributed by atoms with E-state index in [1.807, 2.05) is 31.5 Å². The van der Waals surface area contributed by atoms with Crippen LogP contribution in [-0.2, 0) is 9.53 Å². The molecule has 1 amide bonds. The number of pyridine rings is 1. The van der Waals surface area contributed by atoms with E-state index in [2.05, 4.69) is 10.1 Å². The monoisotopic (exact) mass is 334 g/mol. The molecule has 0 fully saturated rings. The Balaban J connectivity index is 2.12. The number of thioether (sulfide) groups is 1. The van der Waals surface area contributed by atoms with Crippen LogP contribution in [0.2, 0.25) is 0 Å². The number of aromatic nitrogens is 3. The molecule has 0 bridgehead atoms. The molecule has 2 aromatic rings. The van der Waals surface area contributed by atoms with E-state index >= 15 is 0 Å². The smallest absolute Gasteiger partial charge is 0.255 e. The third-order valence-electron chi connectivity index (χ3n) is 3.48. The maximum atomic E-state index is 12.5. The van der Waals surface area contributed by atoms with Crippen molar-refractivity contribution in [1.29, 1.82) is 0 Å². The van der Waals surface area contributed by atoms with E-state index in [4.69, 9.17) is 4.74 Å². The van der Waals surface area contributed by atoms with Gasteiger partial charge in [-0.3, -0.25) is 9.78 Å². The van der Waals surface area contributed by atoms with Gasteiger partial charge in [0.25, 0.3) is 5.91 Å². The summed E-state index contributed by atoms with van der Waals surface area (Å²) in [6.45, 7) is 4.22. The SMILES string of the molecule is CSCCOC(C)C(=O)N(C)c1cn(-c2cccnc2)nc1C. The number of likely N-dealkylation sites (N-methyl/N-ethyl adjacent to an activating group) is 1. The molecule has 124 valence electrons. The molecule has 1 atom stereocenters. The summed E-state index contributed by atoms with van der Waals surface area (Å²) in [6.07, 6.45) is 6.81. The fourth-order valence-electron chi connectivity index (χ4n) is 2.17. The van der Waals surface area contributed by atoms with Gasteiger partial charge in [-0.05, 0) is 32.2 Å². The molecule has 23 heavy (non-hydrogen) atoms. The molecule has 0 aromatic carbocycles. The van der Waals surface area contributed by atoms with Gasteiger partial charge < -0.3 is 9.64 Å². The molecule has 1 unspecified atom stereocenters. The summed E-state index contributed by atoms with van der Waals surface area (Å²) in [6, 6.07) is 3.77. The van der Waals surface area contributed by atoms with Gasteiger partial charge in [-0.2, -0.15) is 16.9 Å². The standard InChI is InChI=1S/C16H22N4O2S/c1-12-15(11-20(18-12)14-6-5-7-17-10-14)19(3)16(21)13(2)22-8-9-23-4/h5-7,10-11,13H,8-9H2,1-4H3. The fourth-order valence-corrected chi connectivity index (χ4v) is 2.44. The molecule has 0 N–H and O–H groups in total. The van der Waals surface area contributed by atoms with E-state index in [1.165, 1.54) is 0 Å². The lowest BCUT2D eigenvalue weighted by atomic mass is 10.3. The summed E-state index contributed by atoms with van der Waals surface area (Å²) in [5.74, 6) is 0.791. The van der Waals surface area contributed by atoms with Gasteiger partial charge in [0.15, 0.2) is 0 Å². The molecule has 6 nitrogen and oxygen atoms in total. The number of carbonyl (C=O) groups is 1. The van der Waals surface area contributed by atoms with Crippen LogP contribution >= 0.6 is 11.8 Å². The Morgan fingerprint density at radius 3 is 2.96 bits per heavy atom. The van der Waals surface area contributed by atoms with Gasteiger partial charge in [-0.15, -0.1) is 0 Å². The first-order chi connectivity index (χ1) is 11.0. The number of hydrogen-bond donors (Lipinski definition) is 0. The second-order valence-electron chi connectivity index (χ2n) is 5.16. The Kier molecular flexibility index (Phi) is 6.18. The van der Waals surface area contributed by atoms with Crippen molar-refractivity contribution in [2.24, 2.45) is 0 Å². The lowest BCUT2D eigenvalue weighted by Crippen LogP contribution is -2.36. The summed E-state index contributed by atoms with van der Waals surface area (Å²) >= 11 is 1.69. The van der Waals surface area contributed by atoms with Crippen LogP contribution in [0.3, 0.4) is 0 Å². The van der Waals surface area contributed by atoms with Crippen LogP contribution < -0.4 is 4.90 Å². The van der Waals surface area contributed by atoms with Crippen molar-refractivity contribution in [3.63, 3.8) is 0 Å². The normalized spacial score (nSPS) is 12.2. The van der Waals surface area contributed by atoms with Gasteiger partial charge in [0.05, 0.1) is 36.1 Å². The first kappa shape index (κ1) is 17.5. The number of rotatable bonds is 7. The van der Waals surface area contributed by atoms with Crippen molar-refractivity contribution in [1.82, 2.24) is 14.8 Å². The molecule has 2 heterocycles. The third kappa shape index (κ3) is 4.33. The molecule has 2 aromatic heterocycles. The Morgan fingerprint density at radius 2 is 2.30 bits per heavy atom. The van der Waals surface area contributed by atoms with Crippen molar-refractivity contribution < 1.29 is 9.53 Å². The van der Waals surface area contributed by atoms with E-state index in [1.54, 1.807) is 47.7 Å². The number of anilines is 1. The maximum Gasteiger partial charge on any atom is 0.255 e. The minimum absolute atomic E-state index is 0.0834. The van der Waals surface area contributed by atoms with Gasteiger partial charge in [0.1, 0.15) is 6.10 Å². The van der Waals surface area contributed by atoms with Crippen molar-refractivity contribution >= 4 is 23.4 Å². The predicted octanol–water partition coefficient (Wildman–Crippen LogP) is 2.31. The number of ether oxygens (including phenoxy) is 1. The number of amides is 1. The van der Waals surface area contributed by atoms with Gasteiger partial charge in [0.2, 0.25) is 0 Å². The van der Waals surface area contributed by atoms with Crippen molar-refractivity contribution in [3.8, 4) is 5.69 Å². The largest absolute Gasteiger partial charge is 0.368 e. The van der Waals surface area contributed by atoms with Crippen LogP contribution in [0.1, 0.15) is 12.6 Å². The van der Waals surface area contributed by atoms with Crippen LogP contribution in [0.25, 0.3) is 5.69 Å². The average molecular weight is 334 g/mol. The number of aryl methyl sites for hydroxylation is 1. The van der Waals surface area contributed by atoms with Crippen molar-refractivity contribution in [3.05, 3.63) is 36.4 Å². The van der Waals surface area contributed by atoms with Gasteiger partial charge in [0, 0.05) is 19.0 Å². The Labute approximate surface area is 140 Å². The molecule has 2 rings (SSSR count). The second kappa shape index (κ2) is 8.12. The topological polar surface area (TPSA) is 60.2 Å². The van der Waals surface area contributed by atoms with Crippen LogP contribution in [0.15, 0.2) is 30.7 Å². The summed E-state index contributed by atoms with van der Waals surface area (Å²) in [4.78, 5) is 18.2. The van der Waals surface area contributed by atoms with Crippen molar-refractivity contribution in [2.45, 2.75) is 20.0 Å². The molecule has 0 saturated heterocycles. The Hall–Kier alpha value is -1.86.